The van der Waals surface area contributed by atoms with Gasteiger partial charge in [0, 0.05) is 62.9 Å². The molecule has 230 valence electrons. The third kappa shape index (κ3) is 8.91. The highest BCUT2D eigenvalue weighted by Crippen LogP contribution is 2.29. The molecule has 1 saturated heterocycles. The number of carbonyl (C=O) groups is 2. The molecule has 1 fully saturated rings. The van der Waals surface area contributed by atoms with E-state index >= 15 is 0 Å². The number of ether oxygens (including phenoxy) is 3. The van der Waals surface area contributed by atoms with Crippen LogP contribution in [-0.4, -0.2) is 110 Å². The summed E-state index contributed by atoms with van der Waals surface area (Å²) in [5.74, 6) is 1.33. The number of likely N-dealkylation sites (N-methyl/N-ethyl adjacent to an activating group) is 1. The summed E-state index contributed by atoms with van der Waals surface area (Å²) < 4.78 is 17.3. The van der Waals surface area contributed by atoms with Gasteiger partial charge in [0.15, 0.2) is 0 Å². The average molecular weight is 583 g/mol. The first-order valence-electron chi connectivity index (χ1n) is 14.9. The van der Waals surface area contributed by atoms with E-state index in [1.54, 1.807) is 12.0 Å². The smallest absolute Gasteiger partial charge is 0.227 e. The number of anilines is 1. The number of morpholine rings is 1. The number of aliphatic hydroxyl groups excluding tert-OH is 1. The van der Waals surface area contributed by atoms with Crippen molar-refractivity contribution in [1.29, 1.82) is 0 Å². The molecule has 10 heteroatoms. The van der Waals surface area contributed by atoms with Crippen LogP contribution in [0.1, 0.15) is 31.4 Å². The van der Waals surface area contributed by atoms with Crippen molar-refractivity contribution in [2.24, 2.45) is 5.92 Å². The molecule has 42 heavy (non-hydrogen) atoms. The summed E-state index contributed by atoms with van der Waals surface area (Å²) >= 11 is 0. The third-order valence-electron chi connectivity index (χ3n) is 8.06. The number of amides is 2. The number of aliphatic hydroxyl groups is 1. The van der Waals surface area contributed by atoms with E-state index in [-0.39, 0.29) is 42.9 Å². The normalized spacial score (nSPS) is 20.6. The van der Waals surface area contributed by atoms with Gasteiger partial charge in [0.2, 0.25) is 11.8 Å². The number of benzene rings is 2. The van der Waals surface area contributed by atoms with Gasteiger partial charge in [0.25, 0.3) is 0 Å². The molecule has 2 aromatic carbocycles. The first kappa shape index (κ1) is 31.7. The van der Waals surface area contributed by atoms with Crippen molar-refractivity contribution in [2.45, 2.75) is 45.4 Å². The predicted octanol–water partition coefficient (Wildman–Crippen LogP) is 2.64. The van der Waals surface area contributed by atoms with Crippen molar-refractivity contribution in [3.05, 3.63) is 53.6 Å². The predicted molar refractivity (Wildman–Crippen MR) is 162 cm³/mol. The highest BCUT2D eigenvalue weighted by atomic mass is 16.5. The first-order valence-corrected chi connectivity index (χ1v) is 14.9. The summed E-state index contributed by atoms with van der Waals surface area (Å²) in [4.78, 5) is 32.4. The molecule has 0 unspecified atom stereocenters. The van der Waals surface area contributed by atoms with E-state index < -0.39 is 0 Å². The Labute approximate surface area is 249 Å². The molecule has 2 aliphatic rings. The van der Waals surface area contributed by atoms with E-state index in [2.05, 4.69) is 41.2 Å². The molecular weight excluding hydrogens is 536 g/mol. The summed E-state index contributed by atoms with van der Waals surface area (Å²) in [6.45, 7) is 9.42. The lowest BCUT2D eigenvalue weighted by Gasteiger charge is -2.34. The zero-order valence-electron chi connectivity index (χ0n) is 25.4. The summed E-state index contributed by atoms with van der Waals surface area (Å²) in [5, 5.41) is 12.9. The number of methoxy groups -OCH3 is 1. The van der Waals surface area contributed by atoms with Gasteiger partial charge in [-0.3, -0.25) is 19.4 Å². The van der Waals surface area contributed by atoms with Crippen LogP contribution in [0.15, 0.2) is 42.5 Å². The fourth-order valence-electron chi connectivity index (χ4n) is 5.45. The summed E-state index contributed by atoms with van der Waals surface area (Å²) in [6, 6.07) is 13.2. The minimum atomic E-state index is -0.317. The maximum atomic E-state index is 13.5. The molecule has 0 radical (unpaired) electrons. The van der Waals surface area contributed by atoms with E-state index in [1.165, 1.54) is 0 Å². The monoisotopic (exact) mass is 582 g/mol. The van der Waals surface area contributed by atoms with Crippen LogP contribution < -0.4 is 14.8 Å². The molecule has 3 atom stereocenters. The van der Waals surface area contributed by atoms with Gasteiger partial charge >= 0.3 is 0 Å². The Morgan fingerprint density at radius 1 is 1.19 bits per heavy atom. The van der Waals surface area contributed by atoms with Gasteiger partial charge in [-0.05, 0) is 49.9 Å². The second-order valence-electron chi connectivity index (χ2n) is 11.5. The molecule has 0 aliphatic carbocycles. The molecule has 0 bridgehead atoms. The average Bonchev–Trinajstić information content (AvgIpc) is 3.04. The van der Waals surface area contributed by atoms with Crippen LogP contribution in [0.5, 0.6) is 11.5 Å². The van der Waals surface area contributed by atoms with Crippen LogP contribution in [0.4, 0.5) is 5.69 Å². The molecular formula is C32H46N4O6. The maximum Gasteiger partial charge on any atom is 0.227 e. The van der Waals surface area contributed by atoms with E-state index in [0.717, 1.165) is 36.5 Å². The molecule has 4 rings (SSSR count). The SMILES string of the molecule is COc1ccc(CN(C)C[C@H]2Oc3ccc(NC(=O)CCN4CCOCC4)cc3CC(=O)N([C@@H](C)CO)C[C@@H]2C)cc1. The Balaban J connectivity index is 1.49. The molecule has 2 N–H and O–H groups in total. The lowest BCUT2D eigenvalue weighted by Crippen LogP contribution is -2.47. The largest absolute Gasteiger partial charge is 0.497 e. The first-order chi connectivity index (χ1) is 20.2. The topological polar surface area (TPSA) is 104 Å². The molecule has 0 spiro atoms. The van der Waals surface area contributed by atoms with Crippen LogP contribution in [0.3, 0.4) is 0 Å². The number of carbonyl (C=O) groups excluding carboxylic acids is 2. The van der Waals surface area contributed by atoms with Crippen LogP contribution in [0.25, 0.3) is 0 Å². The van der Waals surface area contributed by atoms with Gasteiger partial charge in [-0.2, -0.15) is 0 Å². The van der Waals surface area contributed by atoms with Gasteiger partial charge in [0.1, 0.15) is 17.6 Å². The second-order valence-corrected chi connectivity index (χ2v) is 11.5. The van der Waals surface area contributed by atoms with Crippen molar-refractivity contribution >= 4 is 17.5 Å². The van der Waals surface area contributed by atoms with Crippen LogP contribution in [0.2, 0.25) is 0 Å². The summed E-state index contributed by atoms with van der Waals surface area (Å²) in [7, 11) is 3.72. The van der Waals surface area contributed by atoms with Gasteiger partial charge in [-0.25, -0.2) is 0 Å². The van der Waals surface area contributed by atoms with Gasteiger partial charge in [-0.15, -0.1) is 0 Å². The summed E-state index contributed by atoms with van der Waals surface area (Å²) in [6.07, 6.45) is 0.299. The minimum Gasteiger partial charge on any atom is -0.497 e. The Morgan fingerprint density at radius 3 is 2.62 bits per heavy atom. The molecule has 2 aromatic rings. The molecule has 2 heterocycles. The van der Waals surface area contributed by atoms with Gasteiger partial charge in [0.05, 0.1) is 39.4 Å². The molecule has 2 aliphatic heterocycles. The number of hydrogen-bond donors (Lipinski definition) is 2. The van der Waals surface area contributed by atoms with E-state index in [1.807, 2.05) is 37.3 Å². The lowest BCUT2D eigenvalue weighted by atomic mass is 10.0. The van der Waals surface area contributed by atoms with Crippen molar-refractivity contribution < 1.29 is 28.9 Å². The molecule has 0 saturated carbocycles. The Kier molecular flexibility index (Phi) is 11.6. The minimum absolute atomic E-state index is 0.00628. The van der Waals surface area contributed by atoms with Crippen molar-refractivity contribution in [3.8, 4) is 11.5 Å². The second kappa shape index (κ2) is 15.3. The van der Waals surface area contributed by atoms with Crippen LogP contribution >= 0.6 is 0 Å². The van der Waals surface area contributed by atoms with E-state index in [9.17, 15) is 14.7 Å². The highest BCUT2D eigenvalue weighted by molar-refractivity contribution is 5.91. The van der Waals surface area contributed by atoms with Gasteiger partial charge < -0.3 is 29.5 Å². The van der Waals surface area contributed by atoms with E-state index in [0.29, 0.717) is 50.7 Å². The zero-order valence-corrected chi connectivity index (χ0v) is 25.4. The van der Waals surface area contributed by atoms with Gasteiger partial charge in [-0.1, -0.05) is 19.1 Å². The molecule has 0 aromatic heterocycles. The molecule has 2 amide bonds. The number of hydrogen-bond acceptors (Lipinski definition) is 8. The van der Waals surface area contributed by atoms with Crippen molar-refractivity contribution in [1.82, 2.24) is 14.7 Å². The quantitative estimate of drug-likeness (QED) is 0.417. The third-order valence-corrected chi connectivity index (χ3v) is 8.06. The molecule has 10 nitrogen and oxygen atoms in total. The number of fused-ring (bicyclic) bond motifs is 1. The van der Waals surface area contributed by atoms with Crippen molar-refractivity contribution in [3.63, 3.8) is 0 Å². The fourth-order valence-corrected chi connectivity index (χ4v) is 5.45. The lowest BCUT2D eigenvalue weighted by molar-refractivity contribution is -0.134. The highest BCUT2D eigenvalue weighted by Gasteiger charge is 2.31. The Morgan fingerprint density at radius 2 is 1.93 bits per heavy atom. The van der Waals surface area contributed by atoms with E-state index in [4.69, 9.17) is 14.2 Å². The van der Waals surface area contributed by atoms with Crippen LogP contribution in [0, 0.1) is 5.92 Å². The zero-order chi connectivity index (χ0) is 30.1. The van der Waals surface area contributed by atoms with Crippen LogP contribution in [-0.2, 0) is 27.3 Å². The number of rotatable bonds is 11. The Hall–Kier alpha value is -3.18. The fraction of sp³-hybridized carbons (Fsp3) is 0.562. The number of nitrogens with zero attached hydrogens (tertiary/aromatic N) is 3. The van der Waals surface area contributed by atoms with Crippen molar-refractivity contribution in [2.75, 3.05) is 72.0 Å². The Bertz CT molecular complexity index is 1170. The number of nitrogens with one attached hydrogen (secondary N) is 1. The standard InChI is InChI=1S/C32H46N4O6/c1-23-19-36(24(2)22-37)32(39)18-26-17-27(33-31(38)11-12-35-13-15-41-16-14-35)7-10-29(26)42-30(23)21-34(3)20-25-5-8-28(40-4)9-6-25/h5-10,17,23-24,30,37H,11-16,18-22H2,1-4H3,(H,33,38)/t23-,24-,30+/m0/s1. The maximum absolute atomic E-state index is 13.5. The summed E-state index contributed by atoms with van der Waals surface area (Å²) in [5.41, 5.74) is 2.52.